The standard InChI is InChI=1S/C15H16F2N2O3/c1-10-12(5-2-6-13(10)22-15(16)17)18-9-14(20)19-8-11-4-3-7-21-11/h2-7,15,18H,8-9H2,1H3,(H,19,20). The zero-order chi connectivity index (χ0) is 15.9. The van der Waals surface area contributed by atoms with Crippen LogP contribution in [0.25, 0.3) is 0 Å². The van der Waals surface area contributed by atoms with Gasteiger partial charge >= 0.3 is 6.61 Å². The summed E-state index contributed by atoms with van der Waals surface area (Å²) in [6.45, 7) is -0.938. The molecule has 1 aromatic carbocycles. The third kappa shape index (κ3) is 4.47. The van der Waals surface area contributed by atoms with Gasteiger partial charge < -0.3 is 19.8 Å². The molecule has 0 fully saturated rings. The average molecular weight is 310 g/mol. The number of anilines is 1. The third-order valence-corrected chi connectivity index (χ3v) is 2.98. The largest absolute Gasteiger partial charge is 0.467 e. The van der Waals surface area contributed by atoms with E-state index in [0.29, 0.717) is 23.6 Å². The number of carbonyl (C=O) groups excluding carboxylic acids is 1. The molecule has 0 aliphatic heterocycles. The summed E-state index contributed by atoms with van der Waals surface area (Å²) in [5.74, 6) is 0.490. The van der Waals surface area contributed by atoms with Crippen LogP contribution >= 0.6 is 0 Å². The van der Waals surface area contributed by atoms with Crippen molar-refractivity contribution in [3.8, 4) is 5.75 Å². The minimum Gasteiger partial charge on any atom is -0.467 e. The lowest BCUT2D eigenvalue weighted by atomic mass is 10.2. The second kappa shape index (κ2) is 7.44. The Morgan fingerprint density at radius 1 is 1.32 bits per heavy atom. The number of alkyl halides is 2. The van der Waals surface area contributed by atoms with E-state index >= 15 is 0 Å². The van der Waals surface area contributed by atoms with Crippen molar-refractivity contribution in [1.82, 2.24) is 5.32 Å². The number of carbonyl (C=O) groups is 1. The molecule has 2 N–H and O–H groups in total. The maximum absolute atomic E-state index is 12.3. The normalized spacial score (nSPS) is 10.5. The number of rotatable bonds is 7. The Hall–Kier alpha value is -2.57. The van der Waals surface area contributed by atoms with Gasteiger partial charge in [0.25, 0.3) is 0 Å². The molecule has 0 saturated heterocycles. The quantitative estimate of drug-likeness (QED) is 0.825. The van der Waals surface area contributed by atoms with Gasteiger partial charge in [-0.2, -0.15) is 8.78 Å². The van der Waals surface area contributed by atoms with Crippen molar-refractivity contribution in [2.45, 2.75) is 20.1 Å². The zero-order valence-electron chi connectivity index (χ0n) is 11.9. The van der Waals surface area contributed by atoms with Gasteiger partial charge in [-0.15, -0.1) is 0 Å². The van der Waals surface area contributed by atoms with Crippen molar-refractivity contribution in [1.29, 1.82) is 0 Å². The summed E-state index contributed by atoms with van der Waals surface area (Å²) in [6, 6.07) is 8.20. The molecule has 5 nitrogen and oxygen atoms in total. The van der Waals surface area contributed by atoms with E-state index < -0.39 is 6.61 Å². The van der Waals surface area contributed by atoms with Gasteiger partial charge in [-0.1, -0.05) is 6.07 Å². The highest BCUT2D eigenvalue weighted by molar-refractivity contribution is 5.81. The molecule has 0 aliphatic rings. The summed E-state index contributed by atoms with van der Waals surface area (Å²) in [5.41, 5.74) is 1.08. The molecule has 0 atom stereocenters. The van der Waals surface area contributed by atoms with Crippen LogP contribution in [0.15, 0.2) is 41.0 Å². The molecule has 0 aliphatic carbocycles. The molecular weight excluding hydrogens is 294 g/mol. The molecule has 2 aromatic rings. The number of hydrogen-bond acceptors (Lipinski definition) is 4. The summed E-state index contributed by atoms with van der Waals surface area (Å²) in [4.78, 5) is 11.7. The molecule has 0 unspecified atom stereocenters. The first-order valence-corrected chi connectivity index (χ1v) is 6.63. The maximum atomic E-state index is 12.3. The van der Waals surface area contributed by atoms with Gasteiger partial charge in [0.05, 0.1) is 19.4 Å². The SMILES string of the molecule is Cc1c(NCC(=O)NCc2ccco2)cccc1OC(F)F. The number of ether oxygens (including phenoxy) is 1. The Kier molecular flexibility index (Phi) is 5.35. The van der Waals surface area contributed by atoms with E-state index in [2.05, 4.69) is 15.4 Å². The highest BCUT2D eigenvalue weighted by atomic mass is 19.3. The molecule has 1 amide bonds. The van der Waals surface area contributed by atoms with Crippen molar-refractivity contribution in [2.75, 3.05) is 11.9 Å². The lowest BCUT2D eigenvalue weighted by Gasteiger charge is -2.13. The van der Waals surface area contributed by atoms with Crippen LogP contribution in [0, 0.1) is 6.92 Å². The summed E-state index contributed by atoms with van der Waals surface area (Å²) in [7, 11) is 0. The topological polar surface area (TPSA) is 63.5 Å². The van der Waals surface area contributed by atoms with Crippen molar-refractivity contribution >= 4 is 11.6 Å². The fraction of sp³-hybridized carbons (Fsp3) is 0.267. The lowest BCUT2D eigenvalue weighted by molar-refractivity contribution is -0.119. The summed E-state index contributed by atoms with van der Waals surface area (Å²) < 4.78 is 34.0. The van der Waals surface area contributed by atoms with Crippen molar-refractivity contribution in [3.63, 3.8) is 0 Å². The Morgan fingerprint density at radius 2 is 2.14 bits per heavy atom. The van der Waals surface area contributed by atoms with Crippen LogP contribution in [0.5, 0.6) is 5.75 Å². The summed E-state index contributed by atoms with van der Waals surface area (Å²) in [5, 5.41) is 5.56. The van der Waals surface area contributed by atoms with Gasteiger partial charge in [-0.25, -0.2) is 0 Å². The molecule has 0 saturated carbocycles. The van der Waals surface area contributed by atoms with E-state index in [1.807, 2.05) is 0 Å². The molecule has 2 rings (SSSR count). The van der Waals surface area contributed by atoms with Crippen LogP contribution in [0.3, 0.4) is 0 Å². The van der Waals surface area contributed by atoms with Gasteiger partial charge in [0, 0.05) is 11.3 Å². The molecule has 7 heteroatoms. The van der Waals surface area contributed by atoms with Crippen LogP contribution in [-0.2, 0) is 11.3 Å². The second-order valence-electron chi connectivity index (χ2n) is 4.52. The number of furan rings is 1. The highest BCUT2D eigenvalue weighted by Gasteiger charge is 2.10. The van der Waals surface area contributed by atoms with Gasteiger partial charge in [0.1, 0.15) is 11.5 Å². The predicted octanol–water partition coefficient (Wildman–Crippen LogP) is 2.92. The van der Waals surface area contributed by atoms with E-state index in [4.69, 9.17) is 4.42 Å². The van der Waals surface area contributed by atoms with E-state index in [1.54, 1.807) is 31.2 Å². The van der Waals surface area contributed by atoms with E-state index in [9.17, 15) is 13.6 Å². The van der Waals surface area contributed by atoms with Crippen LogP contribution in [0.2, 0.25) is 0 Å². The Morgan fingerprint density at radius 3 is 2.82 bits per heavy atom. The molecular formula is C15H16F2N2O3. The Balaban J connectivity index is 1.86. The van der Waals surface area contributed by atoms with E-state index in [-0.39, 0.29) is 18.2 Å². The Labute approximate surface area is 126 Å². The Bertz CT molecular complexity index is 615. The monoisotopic (exact) mass is 310 g/mol. The second-order valence-corrected chi connectivity index (χ2v) is 4.52. The highest BCUT2D eigenvalue weighted by Crippen LogP contribution is 2.26. The first kappa shape index (κ1) is 15.8. The fourth-order valence-corrected chi connectivity index (χ4v) is 1.87. The van der Waals surface area contributed by atoms with Crippen LogP contribution in [0.4, 0.5) is 14.5 Å². The van der Waals surface area contributed by atoms with Crippen molar-refractivity contribution in [3.05, 3.63) is 47.9 Å². The maximum Gasteiger partial charge on any atom is 0.387 e. The van der Waals surface area contributed by atoms with Crippen molar-refractivity contribution in [2.24, 2.45) is 0 Å². The molecule has 1 heterocycles. The van der Waals surface area contributed by atoms with Gasteiger partial charge in [0.15, 0.2) is 0 Å². The van der Waals surface area contributed by atoms with Crippen LogP contribution < -0.4 is 15.4 Å². The minimum absolute atomic E-state index is 0.0136. The molecule has 118 valence electrons. The number of halogens is 2. The van der Waals surface area contributed by atoms with Gasteiger partial charge in [-0.05, 0) is 31.2 Å². The van der Waals surface area contributed by atoms with Crippen molar-refractivity contribution < 1.29 is 22.7 Å². The molecule has 0 radical (unpaired) electrons. The van der Waals surface area contributed by atoms with E-state index in [1.165, 1.54) is 12.3 Å². The number of amides is 1. The van der Waals surface area contributed by atoms with Crippen LogP contribution in [-0.4, -0.2) is 19.1 Å². The minimum atomic E-state index is -2.88. The zero-order valence-corrected chi connectivity index (χ0v) is 11.9. The van der Waals surface area contributed by atoms with Crippen LogP contribution in [0.1, 0.15) is 11.3 Å². The molecule has 22 heavy (non-hydrogen) atoms. The molecule has 0 spiro atoms. The first-order valence-electron chi connectivity index (χ1n) is 6.63. The number of benzene rings is 1. The first-order chi connectivity index (χ1) is 10.6. The molecule has 0 bridgehead atoms. The smallest absolute Gasteiger partial charge is 0.387 e. The molecule has 1 aromatic heterocycles. The summed E-state index contributed by atoms with van der Waals surface area (Å²) >= 11 is 0. The number of nitrogens with one attached hydrogen (secondary N) is 2. The van der Waals surface area contributed by atoms with E-state index in [0.717, 1.165) is 0 Å². The summed E-state index contributed by atoms with van der Waals surface area (Å²) in [6.07, 6.45) is 1.53. The number of hydrogen-bond donors (Lipinski definition) is 2. The van der Waals surface area contributed by atoms with Gasteiger partial charge in [0.2, 0.25) is 5.91 Å². The third-order valence-electron chi connectivity index (χ3n) is 2.98. The lowest BCUT2D eigenvalue weighted by Crippen LogP contribution is -2.29. The predicted molar refractivity (Wildman–Crippen MR) is 76.9 cm³/mol. The average Bonchev–Trinajstić information content (AvgIpc) is 2.99. The fourth-order valence-electron chi connectivity index (χ4n) is 1.87. The van der Waals surface area contributed by atoms with Gasteiger partial charge in [-0.3, -0.25) is 4.79 Å².